The first-order valence-electron chi connectivity index (χ1n) is 7.64. The molecule has 1 N–H and O–H groups in total. The van der Waals surface area contributed by atoms with Gasteiger partial charge in [0.1, 0.15) is 5.54 Å². The minimum absolute atomic E-state index is 0.164. The molecule has 0 aromatic heterocycles. The molecule has 4 nitrogen and oxygen atoms in total. The maximum absolute atomic E-state index is 12.2. The summed E-state index contributed by atoms with van der Waals surface area (Å²) in [7, 11) is 1.47. The lowest BCUT2D eigenvalue weighted by atomic mass is 9.94. The molecule has 110 valence electrons. The maximum atomic E-state index is 12.2. The zero-order valence-corrected chi connectivity index (χ0v) is 12.2. The number of nitrogens with one attached hydrogen (secondary N) is 1. The molecule has 2 aliphatic carbocycles. The van der Waals surface area contributed by atoms with E-state index >= 15 is 0 Å². The van der Waals surface area contributed by atoms with Crippen LogP contribution < -0.4 is 5.32 Å². The molecule has 2 saturated carbocycles. The molecule has 0 bridgehead atoms. The lowest BCUT2D eigenvalue weighted by molar-refractivity contribution is -0.153. The largest absolute Gasteiger partial charge is 0.468 e. The molecule has 0 aliphatic heterocycles. The molecule has 0 spiro atoms. The summed E-state index contributed by atoms with van der Waals surface area (Å²) < 4.78 is 10.9. The Balaban J connectivity index is 1.90. The summed E-state index contributed by atoms with van der Waals surface area (Å²) in [4.78, 5) is 12.2. The average molecular weight is 269 g/mol. The third-order valence-corrected chi connectivity index (χ3v) is 4.47. The molecule has 0 radical (unpaired) electrons. The van der Waals surface area contributed by atoms with Crippen molar-refractivity contribution in [2.45, 2.75) is 51.0 Å². The number of likely N-dealkylation sites (N-methyl/N-ethyl adjacent to an activating group) is 1. The highest BCUT2D eigenvalue weighted by molar-refractivity contribution is 5.82. The molecule has 0 aromatic carbocycles. The molecule has 4 heteroatoms. The number of ether oxygens (including phenoxy) is 2. The van der Waals surface area contributed by atoms with E-state index in [0.717, 1.165) is 26.0 Å². The Morgan fingerprint density at radius 2 is 1.95 bits per heavy atom. The van der Waals surface area contributed by atoms with Crippen molar-refractivity contribution < 1.29 is 14.3 Å². The van der Waals surface area contributed by atoms with E-state index in [1.54, 1.807) is 0 Å². The van der Waals surface area contributed by atoms with Crippen molar-refractivity contribution in [2.75, 3.05) is 26.9 Å². The van der Waals surface area contributed by atoms with Crippen molar-refractivity contribution in [1.82, 2.24) is 5.32 Å². The van der Waals surface area contributed by atoms with E-state index in [4.69, 9.17) is 9.47 Å². The highest BCUT2D eigenvalue weighted by Gasteiger charge is 2.51. The Morgan fingerprint density at radius 1 is 1.26 bits per heavy atom. The van der Waals surface area contributed by atoms with Gasteiger partial charge in [-0.05, 0) is 44.1 Å². The third kappa shape index (κ3) is 3.48. The summed E-state index contributed by atoms with van der Waals surface area (Å²) in [5.74, 6) is 0.905. The van der Waals surface area contributed by atoms with Crippen molar-refractivity contribution in [2.24, 2.45) is 11.8 Å². The summed E-state index contributed by atoms with van der Waals surface area (Å²) in [6, 6.07) is 0. The third-order valence-electron chi connectivity index (χ3n) is 4.47. The topological polar surface area (TPSA) is 47.6 Å². The van der Waals surface area contributed by atoms with Gasteiger partial charge in [-0.1, -0.05) is 19.8 Å². The Kier molecular flexibility index (Phi) is 5.22. The van der Waals surface area contributed by atoms with E-state index < -0.39 is 5.54 Å². The fraction of sp³-hybridized carbons (Fsp3) is 0.933. The molecule has 0 aromatic rings. The van der Waals surface area contributed by atoms with Crippen molar-refractivity contribution in [3.8, 4) is 0 Å². The van der Waals surface area contributed by atoms with Gasteiger partial charge in [0.05, 0.1) is 13.7 Å². The van der Waals surface area contributed by atoms with Gasteiger partial charge in [0, 0.05) is 6.61 Å². The van der Waals surface area contributed by atoms with Crippen LogP contribution in [0, 0.1) is 11.8 Å². The predicted molar refractivity (Wildman–Crippen MR) is 73.9 cm³/mol. The molecule has 2 fully saturated rings. The minimum atomic E-state index is -0.609. The normalized spacial score (nSPS) is 23.3. The number of rotatable bonds is 8. The second-order valence-corrected chi connectivity index (χ2v) is 5.93. The van der Waals surface area contributed by atoms with Crippen LogP contribution >= 0.6 is 0 Å². The van der Waals surface area contributed by atoms with E-state index in [-0.39, 0.29) is 5.97 Å². The Labute approximate surface area is 116 Å². The fourth-order valence-corrected chi connectivity index (χ4v) is 3.25. The predicted octanol–water partition coefficient (Wildman–Crippen LogP) is 2.12. The molecular weight excluding hydrogens is 242 g/mol. The van der Waals surface area contributed by atoms with Crippen molar-refractivity contribution in [1.29, 1.82) is 0 Å². The summed E-state index contributed by atoms with van der Waals surface area (Å²) in [6.45, 7) is 4.03. The fourth-order valence-electron chi connectivity index (χ4n) is 3.25. The quantitative estimate of drug-likeness (QED) is 0.686. The molecule has 2 aliphatic rings. The molecular formula is C15H27NO3. The molecule has 1 unspecified atom stereocenters. The van der Waals surface area contributed by atoms with Crippen LogP contribution in [0.5, 0.6) is 0 Å². The van der Waals surface area contributed by atoms with Gasteiger partial charge in [0.2, 0.25) is 0 Å². The lowest BCUT2D eigenvalue weighted by Crippen LogP contribution is -2.58. The molecule has 0 saturated heterocycles. The zero-order chi connectivity index (χ0) is 13.7. The Morgan fingerprint density at radius 3 is 2.47 bits per heavy atom. The standard InChI is InChI=1S/C15H27NO3/c1-3-16-15(13-8-9-13,14(17)18-2)11-19-10-12-6-4-5-7-12/h12-13,16H,3-11H2,1-2H3. The van der Waals surface area contributed by atoms with Crippen LogP contribution in [0.3, 0.4) is 0 Å². The van der Waals surface area contributed by atoms with Crippen LogP contribution in [0.4, 0.5) is 0 Å². The average Bonchev–Trinajstić information content (AvgIpc) is 3.15. The van der Waals surface area contributed by atoms with Crippen LogP contribution in [-0.4, -0.2) is 38.4 Å². The first-order chi connectivity index (χ1) is 9.23. The maximum Gasteiger partial charge on any atom is 0.328 e. The summed E-state index contributed by atoms with van der Waals surface area (Å²) in [5.41, 5.74) is -0.609. The van der Waals surface area contributed by atoms with E-state index in [1.807, 2.05) is 6.92 Å². The highest BCUT2D eigenvalue weighted by Crippen LogP contribution is 2.41. The van der Waals surface area contributed by atoms with Crippen LogP contribution in [0.15, 0.2) is 0 Å². The van der Waals surface area contributed by atoms with Crippen molar-refractivity contribution >= 4 is 5.97 Å². The SMILES string of the molecule is CCNC(COCC1CCCC1)(C(=O)OC)C1CC1. The zero-order valence-electron chi connectivity index (χ0n) is 12.2. The molecule has 0 amide bonds. The van der Waals surface area contributed by atoms with Crippen LogP contribution in [0.25, 0.3) is 0 Å². The Bertz CT molecular complexity index is 298. The van der Waals surface area contributed by atoms with E-state index in [2.05, 4.69) is 5.32 Å². The molecule has 2 rings (SSSR count). The highest BCUT2D eigenvalue weighted by atomic mass is 16.5. The number of carbonyl (C=O) groups excluding carboxylic acids is 1. The van der Waals surface area contributed by atoms with E-state index in [9.17, 15) is 4.79 Å². The second-order valence-electron chi connectivity index (χ2n) is 5.93. The van der Waals surface area contributed by atoms with Crippen LogP contribution in [-0.2, 0) is 14.3 Å². The van der Waals surface area contributed by atoms with Gasteiger partial charge in [-0.2, -0.15) is 0 Å². The number of esters is 1. The number of methoxy groups -OCH3 is 1. The van der Waals surface area contributed by atoms with E-state index in [0.29, 0.717) is 18.4 Å². The number of hydrogen-bond acceptors (Lipinski definition) is 4. The van der Waals surface area contributed by atoms with Crippen LogP contribution in [0.1, 0.15) is 45.4 Å². The van der Waals surface area contributed by atoms with Crippen LogP contribution in [0.2, 0.25) is 0 Å². The van der Waals surface area contributed by atoms with Crippen molar-refractivity contribution in [3.63, 3.8) is 0 Å². The minimum Gasteiger partial charge on any atom is -0.468 e. The summed E-state index contributed by atoms with van der Waals surface area (Å²) >= 11 is 0. The smallest absolute Gasteiger partial charge is 0.328 e. The van der Waals surface area contributed by atoms with Gasteiger partial charge in [0.15, 0.2) is 0 Å². The summed E-state index contributed by atoms with van der Waals surface area (Å²) in [5, 5.41) is 3.33. The number of hydrogen-bond donors (Lipinski definition) is 1. The first-order valence-corrected chi connectivity index (χ1v) is 7.64. The first kappa shape index (κ1) is 14.8. The summed E-state index contributed by atoms with van der Waals surface area (Å²) in [6.07, 6.45) is 7.38. The van der Waals surface area contributed by atoms with Gasteiger partial charge >= 0.3 is 5.97 Å². The molecule has 1 atom stereocenters. The van der Waals surface area contributed by atoms with Gasteiger partial charge in [0.25, 0.3) is 0 Å². The van der Waals surface area contributed by atoms with Crippen molar-refractivity contribution in [3.05, 3.63) is 0 Å². The van der Waals surface area contributed by atoms with Gasteiger partial charge in [-0.15, -0.1) is 0 Å². The number of carbonyl (C=O) groups is 1. The lowest BCUT2D eigenvalue weighted by Gasteiger charge is -2.32. The van der Waals surface area contributed by atoms with Gasteiger partial charge < -0.3 is 9.47 Å². The molecule has 0 heterocycles. The monoisotopic (exact) mass is 269 g/mol. The van der Waals surface area contributed by atoms with Gasteiger partial charge in [-0.3, -0.25) is 5.32 Å². The van der Waals surface area contributed by atoms with Gasteiger partial charge in [-0.25, -0.2) is 4.79 Å². The molecule has 19 heavy (non-hydrogen) atoms. The Hall–Kier alpha value is -0.610. The second kappa shape index (κ2) is 6.71. The van der Waals surface area contributed by atoms with E-state index in [1.165, 1.54) is 32.8 Å².